The second-order valence-electron chi connectivity index (χ2n) is 1.72. The van der Waals surface area contributed by atoms with E-state index in [1.165, 1.54) is 5.34 Å². The fourth-order valence-corrected chi connectivity index (χ4v) is 0.938. The zero-order chi connectivity index (χ0) is 9.23. The molecule has 0 radical (unpaired) electrons. The van der Waals surface area contributed by atoms with Crippen LogP contribution >= 0.6 is 8.88 Å². The van der Waals surface area contributed by atoms with Crippen molar-refractivity contribution in [3.8, 4) is 0 Å². The van der Waals surface area contributed by atoms with Gasteiger partial charge < -0.3 is 10.3 Å². The summed E-state index contributed by atoms with van der Waals surface area (Å²) in [5.41, 5.74) is 6.36. The molecular weight excluding hydrogens is 177 g/mol. The van der Waals surface area contributed by atoms with Crippen LogP contribution in [0.15, 0.2) is 35.7 Å². The van der Waals surface area contributed by atoms with Crippen LogP contribution in [0.1, 0.15) is 0 Å². The van der Waals surface area contributed by atoms with Crippen molar-refractivity contribution >= 4 is 14.6 Å². The molecule has 0 aliphatic heterocycles. The Hall–Kier alpha value is -1.19. The molecule has 1 aromatic rings. The average Bonchev–Trinajstić information content (AvgIpc) is 2.08. The maximum Gasteiger partial charge on any atom is 0.152 e. The standard InChI is InChI=1S/C6H9N2P.HNO2/c7-9-8-6-4-2-1-3-5-6;2-1-3/h1-5,8-9H,7H2;(H,2,3). The number of nitrogens with two attached hydrogens (primary N) is 1. The van der Waals surface area contributed by atoms with Crippen molar-refractivity contribution in [3.05, 3.63) is 35.2 Å². The summed E-state index contributed by atoms with van der Waals surface area (Å²) < 4.78 is 0. The first kappa shape index (κ1) is 10.8. The highest BCUT2D eigenvalue weighted by atomic mass is 31.1. The van der Waals surface area contributed by atoms with E-state index in [-0.39, 0.29) is 8.88 Å². The highest BCUT2D eigenvalue weighted by Gasteiger charge is 1.81. The van der Waals surface area contributed by atoms with Crippen molar-refractivity contribution in [3.63, 3.8) is 0 Å². The third-order valence-corrected chi connectivity index (χ3v) is 1.42. The topological polar surface area (TPSA) is 87.7 Å². The minimum atomic E-state index is 0.285. The molecule has 12 heavy (non-hydrogen) atoms. The maximum absolute atomic E-state index is 8.11. The van der Waals surface area contributed by atoms with Gasteiger partial charge in [0.15, 0.2) is 5.34 Å². The van der Waals surface area contributed by atoms with E-state index in [0.717, 1.165) is 5.69 Å². The van der Waals surface area contributed by atoms with Gasteiger partial charge >= 0.3 is 0 Å². The molecule has 0 aliphatic carbocycles. The molecular formula is C6H10N3O2P. The first-order chi connectivity index (χ1) is 5.85. The van der Waals surface area contributed by atoms with Crippen LogP contribution in [-0.2, 0) is 0 Å². The summed E-state index contributed by atoms with van der Waals surface area (Å²) in [7, 11) is 0.285. The van der Waals surface area contributed by atoms with Gasteiger partial charge in [-0.05, 0) is 12.1 Å². The monoisotopic (exact) mass is 187 g/mol. The Bertz CT molecular complexity index is 207. The molecule has 1 atom stereocenters. The zero-order valence-electron chi connectivity index (χ0n) is 6.27. The summed E-state index contributed by atoms with van der Waals surface area (Å²) in [6, 6.07) is 9.90. The van der Waals surface area contributed by atoms with E-state index in [9.17, 15) is 0 Å². The molecule has 0 amide bonds. The minimum absolute atomic E-state index is 0.285. The number of anilines is 1. The van der Waals surface area contributed by atoms with Gasteiger partial charge in [-0.2, -0.15) is 0 Å². The molecule has 0 saturated carbocycles. The third-order valence-electron chi connectivity index (χ3n) is 0.990. The number of benzene rings is 1. The third kappa shape index (κ3) is 5.58. The Morgan fingerprint density at radius 2 is 1.92 bits per heavy atom. The molecule has 0 saturated heterocycles. The van der Waals surface area contributed by atoms with E-state index < -0.39 is 0 Å². The van der Waals surface area contributed by atoms with Crippen LogP contribution in [0.3, 0.4) is 0 Å². The number of para-hydroxylation sites is 1. The molecule has 5 nitrogen and oxygen atoms in total. The molecule has 1 unspecified atom stereocenters. The SMILES string of the molecule is NPNc1ccccc1.O=NO. The summed E-state index contributed by atoms with van der Waals surface area (Å²) in [6.07, 6.45) is 0. The highest BCUT2D eigenvalue weighted by molar-refractivity contribution is 7.36. The number of nitrogens with one attached hydrogen (secondary N) is 1. The number of nitrogens with zero attached hydrogens (tertiary/aromatic N) is 1. The molecule has 6 heteroatoms. The fraction of sp³-hybridized carbons (Fsp3) is 0. The Morgan fingerprint density at radius 3 is 2.33 bits per heavy atom. The molecule has 0 heterocycles. The molecule has 0 fully saturated rings. The zero-order valence-corrected chi connectivity index (χ0v) is 7.27. The van der Waals surface area contributed by atoms with Crippen LogP contribution in [0.5, 0.6) is 0 Å². The average molecular weight is 187 g/mol. The number of rotatable bonds is 2. The van der Waals surface area contributed by atoms with Gasteiger partial charge in [0.1, 0.15) is 0 Å². The van der Waals surface area contributed by atoms with E-state index in [1.54, 1.807) is 0 Å². The van der Waals surface area contributed by atoms with E-state index >= 15 is 0 Å². The molecule has 0 aliphatic rings. The molecule has 4 N–H and O–H groups in total. The summed E-state index contributed by atoms with van der Waals surface area (Å²) in [4.78, 5) is 8.11. The second-order valence-corrected chi connectivity index (χ2v) is 2.26. The summed E-state index contributed by atoms with van der Waals surface area (Å²) >= 11 is 0. The smallest absolute Gasteiger partial charge is 0.152 e. The predicted molar refractivity (Wildman–Crippen MR) is 50.1 cm³/mol. The lowest BCUT2D eigenvalue weighted by molar-refractivity contribution is 0.312. The van der Waals surface area contributed by atoms with E-state index in [2.05, 4.69) is 5.09 Å². The van der Waals surface area contributed by atoms with Gasteiger partial charge in [0.05, 0.1) is 0 Å². The van der Waals surface area contributed by atoms with Gasteiger partial charge in [-0.3, -0.25) is 5.50 Å². The number of hydrogen-bond donors (Lipinski definition) is 3. The van der Waals surface area contributed by atoms with Crippen molar-refractivity contribution in [2.24, 2.45) is 10.8 Å². The minimum Gasteiger partial charge on any atom is -0.379 e. The van der Waals surface area contributed by atoms with Crippen LogP contribution in [0.2, 0.25) is 0 Å². The van der Waals surface area contributed by atoms with Gasteiger partial charge in [0.25, 0.3) is 0 Å². The molecule has 1 rings (SSSR count). The maximum atomic E-state index is 8.11. The molecule has 1 aromatic carbocycles. The van der Waals surface area contributed by atoms with Gasteiger partial charge in [-0.15, -0.1) is 4.91 Å². The fourth-order valence-electron chi connectivity index (χ4n) is 0.605. The largest absolute Gasteiger partial charge is 0.379 e. The first-order valence-electron chi connectivity index (χ1n) is 3.08. The van der Waals surface area contributed by atoms with Crippen molar-refractivity contribution in [2.45, 2.75) is 0 Å². The highest BCUT2D eigenvalue weighted by Crippen LogP contribution is 2.09. The molecule has 0 aromatic heterocycles. The predicted octanol–water partition coefficient (Wildman–Crippen LogP) is 1.71. The normalized spacial score (nSPS) is 8.75. The Morgan fingerprint density at radius 1 is 1.42 bits per heavy atom. The van der Waals surface area contributed by atoms with E-state index in [1.807, 2.05) is 30.3 Å². The van der Waals surface area contributed by atoms with E-state index in [0.29, 0.717) is 0 Å². The van der Waals surface area contributed by atoms with E-state index in [4.69, 9.17) is 15.6 Å². The van der Waals surface area contributed by atoms with Gasteiger partial charge in [0, 0.05) is 14.6 Å². The Kier molecular flexibility index (Phi) is 7.13. The Labute approximate surface area is 71.8 Å². The van der Waals surface area contributed by atoms with Gasteiger partial charge in [0.2, 0.25) is 0 Å². The van der Waals surface area contributed by atoms with Crippen LogP contribution < -0.4 is 10.6 Å². The van der Waals surface area contributed by atoms with Crippen LogP contribution in [-0.4, -0.2) is 5.21 Å². The summed E-state index contributed by atoms with van der Waals surface area (Å²) in [5, 5.41) is 10.9. The lowest BCUT2D eigenvalue weighted by atomic mass is 10.3. The Balaban J connectivity index is 0.000000354. The lowest BCUT2D eigenvalue weighted by Gasteiger charge is -1.98. The van der Waals surface area contributed by atoms with Crippen LogP contribution in [0.4, 0.5) is 5.69 Å². The van der Waals surface area contributed by atoms with Crippen LogP contribution in [0, 0.1) is 4.91 Å². The summed E-state index contributed by atoms with van der Waals surface area (Å²) in [6.45, 7) is 0. The molecule has 0 spiro atoms. The van der Waals surface area contributed by atoms with Crippen molar-refractivity contribution < 1.29 is 5.21 Å². The summed E-state index contributed by atoms with van der Waals surface area (Å²) in [5.74, 6) is 0. The number of hydrogen-bond acceptors (Lipinski definition) is 4. The van der Waals surface area contributed by atoms with Gasteiger partial charge in [-0.25, -0.2) is 0 Å². The van der Waals surface area contributed by atoms with Crippen molar-refractivity contribution in [1.82, 2.24) is 0 Å². The first-order valence-corrected chi connectivity index (χ1v) is 4.16. The van der Waals surface area contributed by atoms with Gasteiger partial charge in [-0.1, -0.05) is 18.2 Å². The molecule has 66 valence electrons. The van der Waals surface area contributed by atoms with Crippen LogP contribution in [0.25, 0.3) is 0 Å². The second kappa shape index (κ2) is 7.91. The molecule has 0 bridgehead atoms. The van der Waals surface area contributed by atoms with Crippen molar-refractivity contribution in [2.75, 3.05) is 5.09 Å². The quantitative estimate of drug-likeness (QED) is 0.373. The van der Waals surface area contributed by atoms with Crippen molar-refractivity contribution in [1.29, 1.82) is 0 Å². The lowest BCUT2D eigenvalue weighted by Crippen LogP contribution is -1.86.